The first kappa shape index (κ1) is 13.2. The van der Waals surface area contributed by atoms with Crippen LogP contribution in [-0.2, 0) is 6.42 Å². The minimum absolute atomic E-state index is 0. The van der Waals surface area contributed by atoms with E-state index in [9.17, 15) is 9.90 Å². The second kappa shape index (κ2) is 5.48. The number of aryl methyl sites for hydroxylation is 1. The van der Waals surface area contributed by atoms with Gasteiger partial charge in [0.2, 0.25) is 0 Å². The van der Waals surface area contributed by atoms with Crippen molar-refractivity contribution in [3.05, 3.63) is 47.5 Å². The summed E-state index contributed by atoms with van der Waals surface area (Å²) in [6.45, 7) is 1.94. The molecule has 0 aliphatic carbocycles. The van der Waals surface area contributed by atoms with Crippen molar-refractivity contribution >= 4 is 16.7 Å². The Labute approximate surface area is 117 Å². The molecule has 0 N–H and O–H groups in total. The predicted molar refractivity (Wildman–Crippen MR) is 57.7 cm³/mol. The number of fused-ring (bicyclic) bond motifs is 1. The first-order valence-corrected chi connectivity index (χ1v) is 4.96. The van der Waals surface area contributed by atoms with Gasteiger partial charge in [-0.2, -0.15) is 0 Å². The molecule has 0 atom stereocenters. The molecule has 0 heterocycles. The average molecular weight is 222 g/mol. The van der Waals surface area contributed by atoms with Gasteiger partial charge in [-0.3, -0.25) is 0 Å². The first-order chi connectivity index (χ1) is 7.24. The van der Waals surface area contributed by atoms with Gasteiger partial charge >= 0.3 is 29.6 Å². The van der Waals surface area contributed by atoms with Crippen LogP contribution in [0.15, 0.2) is 36.4 Å². The van der Waals surface area contributed by atoms with Crippen molar-refractivity contribution in [3.8, 4) is 0 Å². The summed E-state index contributed by atoms with van der Waals surface area (Å²) in [4.78, 5) is 11.1. The molecule has 2 aromatic rings. The standard InChI is InChI=1S/C13H12O2.Na/c1-2-9-7-8-10-5-3-4-6-11(10)12(9)13(14)15;/h3-8H,2H2,1H3,(H,14,15);/q;+1/p-1. The molecular weight excluding hydrogens is 211 g/mol. The summed E-state index contributed by atoms with van der Waals surface area (Å²) in [5.74, 6) is -1.09. The fourth-order valence-corrected chi connectivity index (χ4v) is 1.85. The summed E-state index contributed by atoms with van der Waals surface area (Å²) in [6, 6.07) is 11.3. The van der Waals surface area contributed by atoms with Gasteiger partial charge in [-0.1, -0.05) is 43.3 Å². The summed E-state index contributed by atoms with van der Waals surface area (Å²) < 4.78 is 0. The molecule has 16 heavy (non-hydrogen) atoms. The predicted octanol–water partition coefficient (Wildman–Crippen LogP) is -1.23. The van der Waals surface area contributed by atoms with E-state index in [0.29, 0.717) is 12.0 Å². The van der Waals surface area contributed by atoms with Crippen LogP contribution in [0.1, 0.15) is 22.8 Å². The van der Waals surface area contributed by atoms with E-state index in [0.717, 1.165) is 16.3 Å². The van der Waals surface area contributed by atoms with Crippen molar-refractivity contribution in [2.24, 2.45) is 0 Å². The Bertz CT molecular complexity index is 520. The number of carbonyl (C=O) groups excluding carboxylic acids is 1. The number of hydrogen-bond acceptors (Lipinski definition) is 2. The van der Waals surface area contributed by atoms with Gasteiger partial charge in [0.25, 0.3) is 0 Å². The monoisotopic (exact) mass is 222 g/mol. The van der Waals surface area contributed by atoms with Crippen LogP contribution < -0.4 is 34.7 Å². The van der Waals surface area contributed by atoms with E-state index in [1.165, 1.54) is 0 Å². The number of rotatable bonds is 2. The fraction of sp³-hybridized carbons (Fsp3) is 0.154. The quantitative estimate of drug-likeness (QED) is 0.597. The maximum absolute atomic E-state index is 11.1. The van der Waals surface area contributed by atoms with Gasteiger partial charge in [-0.05, 0) is 22.8 Å². The third kappa shape index (κ3) is 2.29. The Kier molecular flexibility index (Phi) is 4.54. The molecule has 2 nitrogen and oxygen atoms in total. The Morgan fingerprint density at radius 1 is 1.19 bits per heavy atom. The molecule has 0 spiro atoms. The molecule has 0 amide bonds. The minimum Gasteiger partial charge on any atom is -0.545 e. The molecule has 76 valence electrons. The molecule has 0 aromatic heterocycles. The molecule has 0 saturated carbocycles. The van der Waals surface area contributed by atoms with Crippen LogP contribution in [0.3, 0.4) is 0 Å². The van der Waals surface area contributed by atoms with Crippen LogP contribution in [0, 0.1) is 0 Å². The Morgan fingerprint density at radius 3 is 2.50 bits per heavy atom. The van der Waals surface area contributed by atoms with Gasteiger partial charge in [0.15, 0.2) is 0 Å². The van der Waals surface area contributed by atoms with Crippen LogP contribution in [0.4, 0.5) is 0 Å². The van der Waals surface area contributed by atoms with Gasteiger partial charge < -0.3 is 9.90 Å². The zero-order valence-electron chi connectivity index (χ0n) is 9.49. The van der Waals surface area contributed by atoms with E-state index < -0.39 is 5.97 Å². The largest absolute Gasteiger partial charge is 1.00 e. The Hall–Kier alpha value is -0.830. The van der Waals surface area contributed by atoms with Crippen molar-refractivity contribution in [1.29, 1.82) is 0 Å². The summed E-state index contributed by atoms with van der Waals surface area (Å²) in [6.07, 6.45) is 0.703. The summed E-state index contributed by atoms with van der Waals surface area (Å²) in [7, 11) is 0. The minimum atomic E-state index is -1.09. The maximum Gasteiger partial charge on any atom is 1.00 e. The average Bonchev–Trinajstić information content (AvgIpc) is 2.27. The van der Waals surface area contributed by atoms with Crippen LogP contribution in [0.5, 0.6) is 0 Å². The number of carboxylic acids is 1. The second-order valence-electron chi connectivity index (χ2n) is 3.46. The third-order valence-corrected chi connectivity index (χ3v) is 2.60. The van der Waals surface area contributed by atoms with Gasteiger partial charge in [-0.25, -0.2) is 0 Å². The van der Waals surface area contributed by atoms with Gasteiger partial charge in [0, 0.05) is 5.56 Å². The molecule has 3 heteroatoms. The van der Waals surface area contributed by atoms with Crippen molar-refractivity contribution in [3.63, 3.8) is 0 Å². The van der Waals surface area contributed by atoms with Gasteiger partial charge in [0.05, 0.1) is 5.97 Å². The zero-order chi connectivity index (χ0) is 10.8. The van der Waals surface area contributed by atoms with Crippen molar-refractivity contribution in [2.75, 3.05) is 0 Å². The number of benzene rings is 2. The topological polar surface area (TPSA) is 40.1 Å². The molecular formula is C13H11NaO2. The molecule has 0 aliphatic rings. The Balaban J connectivity index is 0.00000128. The van der Waals surface area contributed by atoms with Crippen LogP contribution in [0.2, 0.25) is 0 Å². The number of aromatic carboxylic acids is 1. The molecule has 0 bridgehead atoms. The molecule has 0 aliphatic heterocycles. The molecule has 0 radical (unpaired) electrons. The maximum atomic E-state index is 11.1. The summed E-state index contributed by atoms with van der Waals surface area (Å²) in [5, 5.41) is 12.8. The molecule has 0 saturated heterocycles. The first-order valence-electron chi connectivity index (χ1n) is 4.96. The smallest absolute Gasteiger partial charge is 0.545 e. The molecule has 2 aromatic carbocycles. The van der Waals surface area contributed by atoms with Crippen LogP contribution >= 0.6 is 0 Å². The van der Waals surface area contributed by atoms with Crippen molar-refractivity contribution in [1.82, 2.24) is 0 Å². The number of carbonyl (C=O) groups is 1. The summed E-state index contributed by atoms with van der Waals surface area (Å²) in [5.41, 5.74) is 1.16. The van der Waals surface area contributed by atoms with Crippen LogP contribution in [0.25, 0.3) is 10.8 Å². The van der Waals surface area contributed by atoms with E-state index in [-0.39, 0.29) is 29.6 Å². The number of hydrogen-bond donors (Lipinski definition) is 0. The van der Waals surface area contributed by atoms with E-state index in [1.54, 1.807) is 0 Å². The van der Waals surface area contributed by atoms with E-state index in [2.05, 4.69) is 0 Å². The van der Waals surface area contributed by atoms with E-state index in [4.69, 9.17) is 0 Å². The third-order valence-electron chi connectivity index (χ3n) is 2.60. The second-order valence-corrected chi connectivity index (χ2v) is 3.46. The summed E-state index contributed by atoms with van der Waals surface area (Å²) >= 11 is 0. The molecule has 0 fully saturated rings. The van der Waals surface area contributed by atoms with E-state index >= 15 is 0 Å². The van der Waals surface area contributed by atoms with E-state index in [1.807, 2.05) is 43.3 Å². The SMILES string of the molecule is CCc1ccc2ccccc2c1C(=O)[O-].[Na+]. The molecule has 2 rings (SSSR count). The van der Waals surface area contributed by atoms with Crippen molar-refractivity contribution < 1.29 is 39.5 Å². The molecule has 0 unspecified atom stereocenters. The van der Waals surface area contributed by atoms with Crippen molar-refractivity contribution in [2.45, 2.75) is 13.3 Å². The Morgan fingerprint density at radius 2 is 1.88 bits per heavy atom. The number of carboxylic acid groups (broad SMARTS) is 1. The van der Waals surface area contributed by atoms with Crippen LogP contribution in [-0.4, -0.2) is 5.97 Å². The zero-order valence-corrected chi connectivity index (χ0v) is 11.5. The fourth-order valence-electron chi connectivity index (χ4n) is 1.85. The normalized spacial score (nSPS) is 9.81. The van der Waals surface area contributed by atoms with Gasteiger partial charge in [-0.15, -0.1) is 0 Å². The van der Waals surface area contributed by atoms with Gasteiger partial charge in [0.1, 0.15) is 0 Å².